The molecule has 0 aliphatic carbocycles. The average molecular weight is 395 g/mol. The van der Waals surface area contributed by atoms with Gasteiger partial charge in [-0.15, -0.1) is 0 Å². The highest BCUT2D eigenvalue weighted by Gasteiger charge is 2.34. The van der Waals surface area contributed by atoms with Gasteiger partial charge in [-0.25, -0.2) is 14.0 Å². The number of ether oxygens (including phenoxy) is 2. The highest BCUT2D eigenvalue weighted by Crippen LogP contribution is 2.25. The summed E-state index contributed by atoms with van der Waals surface area (Å²) in [6.45, 7) is 6.96. The van der Waals surface area contributed by atoms with Gasteiger partial charge in [0.25, 0.3) is 0 Å². The number of hydrogen-bond acceptors (Lipinski definition) is 5. The zero-order chi connectivity index (χ0) is 20.9. The molecular formula is C21H30FNO5. The highest BCUT2D eigenvalue weighted by molar-refractivity contribution is 5.81. The van der Waals surface area contributed by atoms with Gasteiger partial charge in [-0.1, -0.05) is 12.1 Å². The number of nitrogens with one attached hydrogen (secondary N) is 1. The molecule has 1 aliphatic heterocycles. The number of aliphatic hydroxyl groups excluding tert-OH is 1. The van der Waals surface area contributed by atoms with Crippen LogP contribution < -0.4 is 5.32 Å². The number of cyclic esters (lactones) is 1. The van der Waals surface area contributed by atoms with Gasteiger partial charge < -0.3 is 19.9 Å². The van der Waals surface area contributed by atoms with Crippen LogP contribution in [0.2, 0.25) is 0 Å². The Bertz CT molecular complexity index is 670. The van der Waals surface area contributed by atoms with Gasteiger partial charge in [0.2, 0.25) is 0 Å². The van der Waals surface area contributed by atoms with Crippen LogP contribution in [0.15, 0.2) is 24.3 Å². The van der Waals surface area contributed by atoms with Crippen molar-refractivity contribution in [2.75, 3.05) is 0 Å². The summed E-state index contributed by atoms with van der Waals surface area (Å²) in [6, 6.07) is 5.24. The minimum atomic E-state index is -0.825. The molecular weight excluding hydrogens is 365 g/mol. The van der Waals surface area contributed by atoms with Crippen LogP contribution >= 0.6 is 0 Å². The van der Waals surface area contributed by atoms with Gasteiger partial charge in [-0.05, 0) is 71.1 Å². The summed E-state index contributed by atoms with van der Waals surface area (Å²) in [6.07, 6.45) is -0.0834. The first-order chi connectivity index (χ1) is 13.0. The minimum Gasteiger partial charge on any atom is -0.461 e. The van der Waals surface area contributed by atoms with Crippen LogP contribution in [0.4, 0.5) is 9.18 Å². The smallest absolute Gasteiger partial charge is 0.408 e. The zero-order valence-corrected chi connectivity index (χ0v) is 16.9. The maximum Gasteiger partial charge on any atom is 0.408 e. The standard InChI is InChI=1S/C21H30FNO5/c1-13-16(12-14-8-10-15(22)11-9-14)18(24)7-5-6-17(19(25)27-13)23-20(26)28-21(2,3)4/h8-11,13,16-18,24H,5-7,12H2,1-4H3,(H,23,26)/t13-,16-,17-,18-/m0/s1. The summed E-state index contributed by atoms with van der Waals surface area (Å²) in [5.74, 6) is -1.19. The first kappa shape index (κ1) is 22.1. The number of amides is 1. The molecule has 1 fully saturated rings. The van der Waals surface area contributed by atoms with Gasteiger partial charge in [0.15, 0.2) is 0 Å². The average Bonchev–Trinajstić information content (AvgIpc) is 2.61. The van der Waals surface area contributed by atoms with Gasteiger partial charge in [0.1, 0.15) is 23.6 Å². The summed E-state index contributed by atoms with van der Waals surface area (Å²) in [4.78, 5) is 24.6. The second-order valence-electron chi connectivity index (χ2n) is 8.33. The molecule has 2 N–H and O–H groups in total. The van der Waals surface area contributed by atoms with Crippen molar-refractivity contribution in [1.29, 1.82) is 0 Å². The molecule has 1 aromatic carbocycles. The van der Waals surface area contributed by atoms with Gasteiger partial charge in [-0.3, -0.25) is 0 Å². The van der Waals surface area contributed by atoms with Crippen molar-refractivity contribution < 1.29 is 28.6 Å². The number of esters is 1. The molecule has 0 aromatic heterocycles. The number of halogens is 1. The Morgan fingerprint density at radius 2 is 1.93 bits per heavy atom. The predicted octanol–water partition coefficient (Wildman–Crippen LogP) is 3.35. The lowest BCUT2D eigenvalue weighted by Gasteiger charge is -2.28. The van der Waals surface area contributed by atoms with Crippen LogP contribution in [0.5, 0.6) is 0 Å². The van der Waals surface area contributed by atoms with Crippen LogP contribution in [-0.4, -0.2) is 41.0 Å². The van der Waals surface area contributed by atoms with E-state index >= 15 is 0 Å². The molecule has 7 heteroatoms. The topological polar surface area (TPSA) is 84.9 Å². The Kier molecular flexibility index (Phi) is 7.41. The molecule has 0 bridgehead atoms. The molecule has 6 nitrogen and oxygen atoms in total. The number of alkyl carbamates (subject to hydrolysis) is 1. The van der Waals surface area contributed by atoms with Crippen molar-refractivity contribution in [3.63, 3.8) is 0 Å². The van der Waals surface area contributed by atoms with Crippen LogP contribution in [0, 0.1) is 11.7 Å². The molecule has 2 rings (SSSR count). The quantitative estimate of drug-likeness (QED) is 0.767. The Balaban J connectivity index is 2.06. The fraction of sp³-hybridized carbons (Fsp3) is 0.619. The van der Waals surface area contributed by atoms with E-state index in [4.69, 9.17) is 9.47 Å². The van der Waals surface area contributed by atoms with E-state index in [1.165, 1.54) is 12.1 Å². The van der Waals surface area contributed by atoms with Gasteiger partial charge in [-0.2, -0.15) is 0 Å². The lowest BCUT2D eigenvalue weighted by molar-refractivity contribution is -0.154. The Labute approximate surface area is 165 Å². The molecule has 1 aromatic rings. The van der Waals surface area contributed by atoms with Crippen molar-refractivity contribution >= 4 is 12.1 Å². The molecule has 156 valence electrons. The molecule has 0 saturated carbocycles. The molecule has 1 saturated heterocycles. The van der Waals surface area contributed by atoms with Crippen molar-refractivity contribution in [2.24, 2.45) is 5.92 Å². The van der Waals surface area contributed by atoms with E-state index in [0.29, 0.717) is 25.7 Å². The van der Waals surface area contributed by atoms with Crippen molar-refractivity contribution in [2.45, 2.75) is 77.2 Å². The van der Waals surface area contributed by atoms with E-state index in [1.54, 1.807) is 39.8 Å². The molecule has 0 radical (unpaired) electrons. The molecule has 0 spiro atoms. The van der Waals surface area contributed by atoms with E-state index in [-0.39, 0.29) is 11.7 Å². The Morgan fingerprint density at radius 1 is 1.29 bits per heavy atom. The number of hydrogen-bond donors (Lipinski definition) is 2. The van der Waals surface area contributed by atoms with E-state index in [1.807, 2.05) is 0 Å². The van der Waals surface area contributed by atoms with Crippen molar-refractivity contribution in [3.05, 3.63) is 35.6 Å². The summed E-state index contributed by atoms with van der Waals surface area (Å²) in [5, 5.41) is 13.2. The first-order valence-corrected chi connectivity index (χ1v) is 9.67. The third-order valence-electron chi connectivity index (χ3n) is 4.75. The highest BCUT2D eigenvalue weighted by atomic mass is 19.1. The van der Waals surface area contributed by atoms with E-state index in [9.17, 15) is 19.1 Å². The van der Waals surface area contributed by atoms with E-state index in [2.05, 4.69) is 5.32 Å². The van der Waals surface area contributed by atoms with Crippen LogP contribution in [0.1, 0.15) is 52.5 Å². The lowest BCUT2D eigenvalue weighted by Crippen LogP contribution is -2.45. The van der Waals surface area contributed by atoms with Crippen molar-refractivity contribution in [1.82, 2.24) is 5.32 Å². The van der Waals surface area contributed by atoms with E-state index in [0.717, 1.165) is 5.56 Å². The molecule has 1 heterocycles. The molecule has 4 atom stereocenters. The fourth-order valence-corrected chi connectivity index (χ4v) is 3.30. The summed E-state index contributed by atoms with van der Waals surface area (Å²) < 4.78 is 23.9. The Morgan fingerprint density at radius 3 is 2.54 bits per heavy atom. The molecule has 1 amide bonds. The lowest BCUT2D eigenvalue weighted by atomic mass is 9.87. The Hall–Kier alpha value is -2.15. The maximum atomic E-state index is 13.1. The van der Waals surface area contributed by atoms with Gasteiger partial charge >= 0.3 is 12.1 Å². The SMILES string of the molecule is C[C@@H]1OC(=O)[C@@H](NC(=O)OC(C)(C)C)CCC[C@H](O)[C@H]1Cc1ccc(F)cc1. The third kappa shape index (κ3) is 6.78. The summed E-state index contributed by atoms with van der Waals surface area (Å²) in [5.41, 5.74) is 0.187. The molecule has 28 heavy (non-hydrogen) atoms. The third-order valence-corrected chi connectivity index (χ3v) is 4.75. The van der Waals surface area contributed by atoms with Crippen molar-refractivity contribution in [3.8, 4) is 0 Å². The van der Waals surface area contributed by atoms with Crippen LogP contribution in [0.3, 0.4) is 0 Å². The second-order valence-corrected chi connectivity index (χ2v) is 8.33. The number of carbonyl (C=O) groups is 2. The maximum absolute atomic E-state index is 13.1. The van der Waals surface area contributed by atoms with Gasteiger partial charge in [0, 0.05) is 5.92 Å². The van der Waals surface area contributed by atoms with Gasteiger partial charge in [0.05, 0.1) is 6.10 Å². The summed E-state index contributed by atoms with van der Waals surface area (Å²) >= 11 is 0. The predicted molar refractivity (Wildman–Crippen MR) is 102 cm³/mol. The minimum absolute atomic E-state index is 0.324. The molecule has 0 unspecified atom stereocenters. The second kappa shape index (κ2) is 9.37. The number of aliphatic hydroxyl groups is 1. The number of benzene rings is 1. The molecule has 1 aliphatic rings. The zero-order valence-electron chi connectivity index (χ0n) is 16.9. The largest absolute Gasteiger partial charge is 0.461 e. The van der Waals surface area contributed by atoms with Crippen LogP contribution in [0.25, 0.3) is 0 Å². The van der Waals surface area contributed by atoms with Crippen LogP contribution in [-0.2, 0) is 20.7 Å². The fourth-order valence-electron chi connectivity index (χ4n) is 3.30. The normalized spacial score (nSPS) is 26.4. The number of rotatable bonds is 3. The number of carbonyl (C=O) groups excluding carboxylic acids is 2. The summed E-state index contributed by atoms with van der Waals surface area (Å²) in [7, 11) is 0. The first-order valence-electron chi connectivity index (χ1n) is 9.67. The van der Waals surface area contributed by atoms with E-state index < -0.39 is 35.9 Å². The monoisotopic (exact) mass is 395 g/mol.